The van der Waals surface area contributed by atoms with Crippen LogP contribution < -0.4 is 5.32 Å². The molecule has 114 valence electrons. The number of benzene rings is 1. The van der Waals surface area contributed by atoms with E-state index in [1.807, 2.05) is 43.7 Å². The van der Waals surface area contributed by atoms with E-state index in [4.69, 9.17) is 11.6 Å². The molecule has 2 aromatic heterocycles. The minimum absolute atomic E-state index is 0.178. The van der Waals surface area contributed by atoms with Crippen molar-refractivity contribution in [2.75, 3.05) is 0 Å². The van der Waals surface area contributed by atoms with Crippen LogP contribution in [0.2, 0.25) is 5.02 Å². The second kappa shape index (κ2) is 6.60. The molecule has 0 aliphatic carbocycles. The summed E-state index contributed by atoms with van der Waals surface area (Å²) in [6, 6.07) is 8.08. The zero-order valence-corrected chi connectivity index (χ0v) is 14.0. The van der Waals surface area contributed by atoms with Crippen LogP contribution in [0.4, 0.5) is 0 Å². The number of rotatable bonds is 5. The molecule has 2 heterocycles. The SMILES string of the molecule is C[C@H](NCc1csc(-c2cnn(C)c2)n1)c1ccccc1Cl. The summed E-state index contributed by atoms with van der Waals surface area (Å²) in [4.78, 5) is 4.65. The summed E-state index contributed by atoms with van der Waals surface area (Å²) in [5.74, 6) is 0. The van der Waals surface area contributed by atoms with Crippen LogP contribution in [0.15, 0.2) is 42.0 Å². The number of aromatic nitrogens is 3. The fraction of sp³-hybridized carbons (Fsp3) is 0.250. The molecular formula is C16H17ClN4S. The van der Waals surface area contributed by atoms with Gasteiger partial charge >= 0.3 is 0 Å². The average Bonchev–Trinajstić information content (AvgIpc) is 3.14. The smallest absolute Gasteiger partial charge is 0.126 e. The minimum Gasteiger partial charge on any atom is -0.304 e. The molecule has 22 heavy (non-hydrogen) atoms. The van der Waals surface area contributed by atoms with Crippen molar-refractivity contribution in [1.82, 2.24) is 20.1 Å². The molecule has 0 bridgehead atoms. The van der Waals surface area contributed by atoms with E-state index in [1.165, 1.54) is 0 Å². The second-order valence-corrected chi connectivity index (χ2v) is 6.44. The lowest BCUT2D eigenvalue weighted by molar-refractivity contribution is 0.569. The molecule has 1 aromatic carbocycles. The van der Waals surface area contributed by atoms with Crippen molar-refractivity contribution < 1.29 is 0 Å². The van der Waals surface area contributed by atoms with Crippen LogP contribution in [0.1, 0.15) is 24.2 Å². The monoisotopic (exact) mass is 332 g/mol. The molecule has 0 unspecified atom stereocenters. The number of aryl methyl sites for hydroxylation is 1. The van der Waals surface area contributed by atoms with Crippen LogP contribution >= 0.6 is 22.9 Å². The van der Waals surface area contributed by atoms with Crippen LogP contribution in [0.25, 0.3) is 10.6 Å². The molecule has 0 spiro atoms. The normalized spacial score (nSPS) is 12.5. The highest BCUT2D eigenvalue weighted by Crippen LogP contribution is 2.25. The van der Waals surface area contributed by atoms with Crippen LogP contribution in [-0.4, -0.2) is 14.8 Å². The van der Waals surface area contributed by atoms with Gasteiger partial charge in [0, 0.05) is 41.8 Å². The topological polar surface area (TPSA) is 42.7 Å². The van der Waals surface area contributed by atoms with Gasteiger partial charge in [0.05, 0.1) is 11.9 Å². The van der Waals surface area contributed by atoms with Crippen LogP contribution in [0.3, 0.4) is 0 Å². The summed E-state index contributed by atoms with van der Waals surface area (Å²) < 4.78 is 1.79. The van der Waals surface area contributed by atoms with Crippen molar-refractivity contribution in [1.29, 1.82) is 0 Å². The van der Waals surface area contributed by atoms with Gasteiger partial charge in [0.25, 0.3) is 0 Å². The van der Waals surface area contributed by atoms with Gasteiger partial charge in [0.2, 0.25) is 0 Å². The van der Waals surface area contributed by atoms with Gasteiger partial charge in [0.15, 0.2) is 0 Å². The lowest BCUT2D eigenvalue weighted by Crippen LogP contribution is -2.18. The quantitative estimate of drug-likeness (QED) is 0.766. The Balaban J connectivity index is 1.65. The van der Waals surface area contributed by atoms with Gasteiger partial charge in [-0.05, 0) is 18.6 Å². The van der Waals surface area contributed by atoms with E-state index in [0.717, 1.165) is 26.9 Å². The van der Waals surface area contributed by atoms with Gasteiger partial charge in [-0.25, -0.2) is 4.98 Å². The van der Waals surface area contributed by atoms with Crippen molar-refractivity contribution in [3.63, 3.8) is 0 Å². The molecular weight excluding hydrogens is 316 g/mol. The molecule has 0 radical (unpaired) electrons. The fourth-order valence-electron chi connectivity index (χ4n) is 2.25. The summed E-state index contributed by atoms with van der Waals surface area (Å²) in [6.07, 6.45) is 3.81. The van der Waals surface area contributed by atoms with Gasteiger partial charge in [-0.1, -0.05) is 29.8 Å². The summed E-state index contributed by atoms with van der Waals surface area (Å²) in [5, 5.41) is 11.5. The van der Waals surface area contributed by atoms with Crippen molar-refractivity contribution in [3.8, 4) is 10.6 Å². The Morgan fingerprint density at radius 3 is 2.91 bits per heavy atom. The summed E-state index contributed by atoms with van der Waals surface area (Å²) in [5.41, 5.74) is 3.19. The van der Waals surface area contributed by atoms with Gasteiger partial charge < -0.3 is 5.32 Å². The number of hydrogen-bond donors (Lipinski definition) is 1. The molecule has 0 aliphatic rings. The fourth-order valence-corrected chi connectivity index (χ4v) is 3.34. The number of halogens is 1. The third-order valence-corrected chi connectivity index (χ3v) is 4.75. The van der Waals surface area contributed by atoms with Crippen molar-refractivity contribution in [2.45, 2.75) is 19.5 Å². The maximum absolute atomic E-state index is 6.22. The zero-order chi connectivity index (χ0) is 15.5. The highest BCUT2D eigenvalue weighted by atomic mass is 35.5. The Morgan fingerprint density at radius 1 is 1.36 bits per heavy atom. The standard InChI is InChI=1S/C16H17ClN4S/c1-11(14-5-3-4-6-15(14)17)18-8-13-10-22-16(20-13)12-7-19-21(2)9-12/h3-7,9-11,18H,8H2,1-2H3/t11-/m0/s1. The molecule has 4 nitrogen and oxygen atoms in total. The van der Waals surface area contributed by atoms with Gasteiger partial charge in [-0.2, -0.15) is 5.10 Å². The summed E-state index contributed by atoms with van der Waals surface area (Å²) in [7, 11) is 1.91. The first-order chi connectivity index (χ1) is 10.6. The molecule has 0 aliphatic heterocycles. The maximum atomic E-state index is 6.22. The Morgan fingerprint density at radius 2 is 2.18 bits per heavy atom. The minimum atomic E-state index is 0.178. The summed E-state index contributed by atoms with van der Waals surface area (Å²) in [6.45, 7) is 2.82. The van der Waals surface area contributed by atoms with Gasteiger partial charge in [-0.15, -0.1) is 11.3 Å². The first-order valence-electron chi connectivity index (χ1n) is 7.04. The third-order valence-electron chi connectivity index (χ3n) is 3.46. The molecule has 1 atom stereocenters. The zero-order valence-electron chi connectivity index (χ0n) is 12.5. The molecule has 6 heteroatoms. The molecule has 0 amide bonds. The van der Waals surface area contributed by atoms with Crippen molar-refractivity contribution >= 4 is 22.9 Å². The lowest BCUT2D eigenvalue weighted by Gasteiger charge is -2.14. The Hall–Kier alpha value is -1.69. The molecule has 1 N–H and O–H groups in total. The first kappa shape index (κ1) is 15.2. The molecule has 3 aromatic rings. The lowest BCUT2D eigenvalue weighted by atomic mass is 10.1. The highest BCUT2D eigenvalue weighted by molar-refractivity contribution is 7.13. The predicted molar refractivity (Wildman–Crippen MR) is 91.0 cm³/mol. The Labute approximate surface area is 138 Å². The van der Waals surface area contributed by atoms with Crippen LogP contribution in [-0.2, 0) is 13.6 Å². The van der Waals surface area contributed by atoms with E-state index in [2.05, 4.69) is 27.7 Å². The molecule has 0 saturated carbocycles. The molecule has 0 fully saturated rings. The number of nitrogens with zero attached hydrogens (tertiary/aromatic N) is 3. The van der Waals surface area contributed by atoms with E-state index < -0.39 is 0 Å². The van der Waals surface area contributed by atoms with Crippen molar-refractivity contribution in [2.24, 2.45) is 7.05 Å². The first-order valence-corrected chi connectivity index (χ1v) is 8.30. The van der Waals surface area contributed by atoms with E-state index in [0.29, 0.717) is 6.54 Å². The maximum Gasteiger partial charge on any atom is 0.126 e. The number of thiazole rings is 1. The average molecular weight is 333 g/mol. The molecule has 3 rings (SSSR count). The van der Waals surface area contributed by atoms with Gasteiger partial charge in [0.1, 0.15) is 5.01 Å². The highest BCUT2D eigenvalue weighted by Gasteiger charge is 2.10. The predicted octanol–water partition coefficient (Wildman–Crippen LogP) is 4.05. The van der Waals surface area contributed by atoms with E-state index in [1.54, 1.807) is 16.0 Å². The third kappa shape index (κ3) is 3.38. The summed E-state index contributed by atoms with van der Waals surface area (Å²) >= 11 is 7.86. The van der Waals surface area contributed by atoms with Crippen LogP contribution in [0.5, 0.6) is 0 Å². The Kier molecular flexibility index (Phi) is 4.57. The van der Waals surface area contributed by atoms with Gasteiger partial charge in [-0.3, -0.25) is 4.68 Å². The van der Waals surface area contributed by atoms with Crippen molar-refractivity contribution in [3.05, 3.63) is 58.3 Å². The molecule has 0 saturated heterocycles. The van der Waals surface area contributed by atoms with E-state index >= 15 is 0 Å². The Bertz CT molecular complexity index is 765. The van der Waals surface area contributed by atoms with E-state index in [-0.39, 0.29) is 6.04 Å². The number of hydrogen-bond acceptors (Lipinski definition) is 4. The second-order valence-electron chi connectivity index (χ2n) is 5.17. The van der Waals surface area contributed by atoms with Crippen LogP contribution in [0, 0.1) is 0 Å². The largest absolute Gasteiger partial charge is 0.304 e. The van der Waals surface area contributed by atoms with E-state index in [9.17, 15) is 0 Å². The number of nitrogens with one attached hydrogen (secondary N) is 1.